The second kappa shape index (κ2) is 6.29. The second-order valence-electron chi connectivity index (χ2n) is 6.66. The molecule has 0 radical (unpaired) electrons. The summed E-state index contributed by atoms with van der Waals surface area (Å²) in [7, 11) is 1.75. The van der Waals surface area contributed by atoms with E-state index < -0.39 is 0 Å². The van der Waals surface area contributed by atoms with Crippen LogP contribution in [0.25, 0.3) is 10.8 Å². The van der Waals surface area contributed by atoms with Crippen LogP contribution in [0.3, 0.4) is 0 Å². The smallest absolute Gasteiger partial charge is 0.122 e. The van der Waals surface area contributed by atoms with E-state index in [4.69, 9.17) is 4.74 Å². The molecule has 0 saturated heterocycles. The predicted molar refractivity (Wildman–Crippen MR) is 99.8 cm³/mol. The molecule has 0 aliphatic carbocycles. The van der Waals surface area contributed by atoms with Gasteiger partial charge in [0.1, 0.15) is 5.75 Å². The van der Waals surface area contributed by atoms with Gasteiger partial charge in [-0.2, -0.15) is 0 Å². The Morgan fingerprint density at radius 2 is 1.88 bits per heavy atom. The van der Waals surface area contributed by atoms with Crippen molar-refractivity contribution >= 4 is 10.8 Å². The average molecular weight is 317 g/mol. The second-order valence-corrected chi connectivity index (χ2v) is 6.66. The van der Waals surface area contributed by atoms with Crippen molar-refractivity contribution in [1.82, 2.24) is 5.32 Å². The molecule has 1 unspecified atom stereocenters. The third kappa shape index (κ3) is 2.78. The molecule has 1 heterocycles. The van der Waals surface area contributed by atoms with Crippen molar-refractivity contribution < 1.29 is 4.74 Å². The number of hydrogen-bond donors (Lipinski definition) is 1. The van der Waals surface area contributed by atoms with Crippen molar-refractivity contribution in [2.45, 2.75) is 25.8 Å². The van der Waals surface area contributed by atoms with Gasteiger partial charge < -0.3 is 10.1 Å². The lowest BCUT2D eigenvalue weighted by Crippen LogP contribution is -2.31. The molecule has 1 aliphatic heterocycles. The number of nitrogens with one attached hydrogen (secondary N) is 1. The molecule has 4 rings (SSSR count). The Balaban J connectivity index is 1.67. The maximum Gasteiger partial charge on any atom is 0.122 e. The first-order valence-corrected chi connectivity index (χ1v) is 8.63. The quantitative estimate of drug-likeness (QED) is 0.763. The zero-order valence-electron chi connectivity index (χ0n) is 14.3. The van der Waals surface area contributed by atoms with Crippen LogP contribution in [0.2, 0.25) is 0 Å². The van der Waals surface area contributed by atoms with Crippen molar-refractivity contribution in [2.24, 2.45) is 0 Å². The summed E-state index contributed by atoms with van der Waals surface area (Å²) in [6.45, 7) is 3.15. The van der Waals surface area contributed by atoms with Crippen LogP contribution in [0, 0.1) is 6.92 Å². The Morgan fingerprint density at radius 3 is 2.71 bits per heavy atom. The van der Waals surface area contributed by atoms with Gasteiger partial charge in [-0.25, -0.2) is 0 Å². The highest BCUT2D eigenvalue weighted by molar-refractivity contribution is 5.83. The van der Waals surface area contributed by atoms with Crippen LogP contribution in [0.1, 0.15) is 28.3 Å². The lowest BCUT2D eigenvalue weighted by molar-refractivity contribution is 0.409. The number of rotatable bonds is 3. The summed E-state index contributed by atoms with van der Waals surface area (Å²) in [6, 6.07) is 20.3. The molecule has 1 aliphatic rings. The van der Waals surface area contributed by atoms with E-state index in [1.807, 2.05) is 0 Å². The minimum absolute atomic E-state index is 0.375. The number of benzene rings is 3. The molecule has 24 heavy (non-hydrogen) atoms. The first-order valence-electron chi connectivity index (χ1n) is 8.63. The molecule has 0 bridgehead atoms. The van der Waals surface area contributed by atoms with Gasteiger partial charge in [-0.05, 0) is 65.4 Å². The molecule has 3 aromatic rings. The van der Waals surface area contributed by atoms with E-state index in [1.54, 1.807) is 7.11 Å². The van der Waals surface area contributed by atoms with Crippen LogP contribution in [0.4, 0.5) is 0 Å². The Morgan fingerprint density at radius 1 is 1.04 bits per heavy atom. The maximum atomic E-state index is 5.49. The number of methoxy groups -OCH3 is 1. The molecule has 0 aromatic heterocycles. The molecule has 0 spiro atoms. The summed E-state index contributed by atoms with van der Waals surface area (Å²) in [5.41, 5.74) is 5.44. The minimum atomic E-state index is 0.375. The summed E-state index contributed by atoms with van der Waals surface area (Å²) in [6.07, 6.45) is 2.09. The van der Waals surface area contributed by atoms with E-state index in [1.165, 1.54) is 33.0 Å². The summed E-state index contributed by atoms with van der Waals surface area (Å²) in [4.78, 5) is 0. The normalized spacial score (nSPS) is 16.8. The molecule has 0 saturated carbocycles. The van der Waals surface area contributed by atoms with Crippen molar-refractivity contribution in [3.8, 4) is 5.75 Å². The van der Waals surface area contributed by atoms with E-state index >= 15 is 0 Å². The molecule has 2 nitrogen and oxygen atoms in total. The molecular formula is C22H23NO. The number of fused-ring (bicyclic) bond motifs is 2. The third-order valence-corrected chi connectivity index (χ3v) is 5.07. The highest BCUT2D eigenvalue weighted by Gasteiger charge is 2.21. The Kier molecular flexibility index (Phi) is 3.99. The Hall–Kier alpha value is -2.32. The summed E-state index contributed by atoms with van der Waals surface area (Å²) < 4.78 is 5.49. The van der Waals surface area contributed by atoms with Gasteiger partial charge in [0.2, 0.25) is 0 Å². The lowest BCUT2D eigenvalue weighted by Gasteiger charge is -2.28. The topological polar surface area (TPSA) is 21.3 Å². The number of aryl methyl sites for hydroxylation is 1. The monoisotopic (exact) mass is 317 g/mol. The fourth-order valence-electron chi connectivity index (χ4n) is 3.79. The summed E-state index contributed by atoms with van der Waals surface area (Å²) >= 11 is 0. The van der Waals surface area contributed by atoms with E-state index in [0.717, 1.165) is 25.1 Å². The van der Waals surface area contributed by atoms with Gasteiger partial charge in [0.15, 0.2) is 0 Å². The molecule has 2 heteroatoms. The molecular weight excluding hydrogens is 294 g/mol. The van der Waals surface area contributed by atoms with Crippen LogP contribution in [0.5, 0.6) is 5.75 Å². The van der Waals surface area contributed by atoms with E-state index in [2.05, 4.69) is 66.8 Å². The van der Waals surface area contributed by atoms with Crippen LogP contribution in [0.15, 0.2) is 54.6 Å². The highest BCUT2D eigenvalue weighted by atomic mass is 16.5. The van der Waals surface area contributed by atoms with E-state index in [9.17, 15) is 0 Å². The molecule has 3 aromatic carbocycles. The van der Waals surface area contributed by atoms with Crippen molar-refractivity contribution in [3.05, 3.63) is 76.9 Å². The number of hydrogen-bond acceptors (Lipinski definition) is 2. The standard InChI is InChI=1S/C22H23NO/c1-15-11-20-19(14-22(15)24-2)9-10-23-21(20)13-16-7-8-17-5-3-4-6-18(17)12-16/h3-8,11-12,14,21,23H,9-10,13H2,1-2H3. The molecule has 1 N–H and O–H groups in total. The summed E-state index contributed by atoms with van der Waals surface area (Å²) in [5.74, 6) is 1.00. The van der Waals surface area contributed by atoms with Gasteiger partial charge >= 0.3 is 0 Å². The molecule has 0 fully saturated rings. The predicted octanol–water partition coefficient (Wildman–Crippen LogP) is 4.59. The first-order chi connectivity index (χ1) is 11.7. The highest BCUT2D eigenvalue weighted by Crippen LogP contribution is 2.32. The van der Waals surface area contributed by atoms with Gasteiger partial charge in [0, 0.05) is 6.04 Å². The third-order valence-electron chi connectivity index (χ3n) is 5.07. The Labute approximate surface area is 143 Å². The van der Waals surface area contributed by atoms with Crippen molar-refractivity contribution in [3.63, 3.8) is 0 Å². The van der Waals surface area contributed by atoms with Gasteiger partial charge in [-0.3, -0.25) is 0 Å². The fourth-order valence-corrected chi connectivity index (χ4v) is 3.79. The largest absolute Gasteiger partial charge is 0.496 e. The number of ether oxygens (including phenoxy) is 1. The SMILES string of the molecule is COc1cc2c(cc1C)C(Cc1ccc3ccccc3c1)NCC2. The first kappa shape index (κ1) is 15.2. The van der Waals surface area contributed by atoms with Crippen molar-refractivity contribution in [2.75, 3.05) is 13.7 Å². The van der Waals surface area contributed by atoms with Gasteiger partial charge in [-0.15, -0.1) is 0 Å². The molecule has 122 valence electrons. The van der Waals surface area contributed by atoms with Crippen LogP contribution < -0.4 is 10.1 Å². The van der Waals surface area contributed by atoms with E-state index in [-0.39, 0.29) is 0 Å². The van der Waals surface area contributed by atoms with Gasteiger partial charge in [0.05, 0.1) is 7.11 Å². The van der Waals surface area contributed by atoms with Crippen LogP contribution in [-0.4, -0.2) is 13.7 Å². The van der Waals surface area contributed by atoms with Crippen LogP contribution in [-0.2, 0) is 12.8 Å². The average Bonchev–Trinajstić information content (AvgIpc) is 2.61. The Bertz CT molecular complexity index is 884. The van der Waals surface area contributed by atoms with Crippen LogP contribution >= 0.6 is 0 Å². The van der Waals surface area contributed by atoms with Gasteiger partial charge in [-0.1, -0.05) is 48.5 Å². The minimum Gasteiger partial charge on any atom is -0.496 e. The summed E-state index contributed by atoms with van der Waals surface area (Å²) in [5, 5.41) is 6.32. The zero-order chi connectivity index (χ0) is 16.5. The van der Waals surface area contributed by atoms with E-state index in [0.29, 0.717) is 6.04 Å². The lowest BCUT2D eigenvalue weighted by atomic mass is 9.88. The van der Waals surface area contributed by atoms with Crippen molar-refractivity contribution in [1.29, 1.82) is 0 Å². The van der Waals surface area contributed by atoms with Gasteiger partial charge in [0.25, 0.3) is 0 Å². The fraction of sp³-hybridized carbons (Fsp3) is 0.273. The maximum absolute atomic E-state index is 5.49. The molecule has 0 amide bonds. The molecule has 1 atom stereocenters. The zero-order valence-corrected chi connectivity index (χ0v) is 14.3.